The maximum absolute atomic E-state index is 13.0. The number of aliphatic carboxylic acids is 1. The maximum atomic E-state index is 13.0. The molecule has 6 heteroatoms. The van der Waals surface area contributed by atoms with E-state index < -0.39 is 24.1 Å². The summed E-state index contributed by atoms with van der Waals surface area (Å²) in [5, 5.41) is 17.4. The van der Waals surface area contributed by atoms with E-state index in [4.69, 9.17) is 10.2 Å². The fraction of sp³-hybridized carbons (Fsp3) is 0.125. The van der Waals surface area contributed by atoms with Crippen LogP contribution in [0.4, 0.5) is 4.39 Å². The van der Waals surface area contributed by atoms with Gasteiger partial charge in [-0.3, -0.25) is 0 Å². The second-order valence-electron chi connectivity index (χ2n) is 2.39. The molecule has 0 atom stereocenters. The molecule has 0 aliphatic carbocycles. The number of aromatic hydroxyl groups is 1. The molecule has 1 rings (SSSR count). The first kappa shape index (κ1) is 10.8. The van der Waals surface area contributed by atoms with Gasteiger partial charge >= 0.3 is 5.97 Å². The van der Waals surface area contributed by atoms with Gasteiger partial charge in [0.25, 0.3) is 0 Å². The molecule has 0 bridgehead atoms. The van der Waals surface area contributed by atoms with Gasteiger partial charge in [0, 0.05) is 0 Å². The Morgan fingerprint density at radius 2 is 2.21 bits per heavy atom. The van der Waals surface area contributed by atoms with Crippen LogP contribution in [0, 0.1) is 5.82 Å². The van der Waals surface area contributed by atoms with E-state index in [0.717, 1.165) is 0 Å². The minimum absolute atomic E-state index is 0.0812. The molecule has 1 aromatic carbocycles. The molecule has 0 saturated heterocycles. The Hall–Kier alpha value is -1.30. The zero-order chi connectivity index (χ0) is 10.7. The van der Waals surface area contributed by atoms with Gasteiger partial charge in [0.15, 0.2) is 23.9 Å². The molecule has 0 aliphatic heterocycles. The van der Waals surface area contributed by atoms with Crippen molar-refractivity contribution >= 4 is 21.9 Å². The summed E-state index contributed by atoms with van der Waals surface area (Å²) in [7, 11) is 0. The Balaban J connectivity index is 2.88. The van der Waals surface area contributed by atoms with Gasteiger partial charge in [0.05, 0.1) is 4.47 Å². The fourth-order valence-electron chi connectivity index (χ4n) is 0.778. The number of carboxylic acids is 1. The lowest BCUT2D eigenvalue weighted by atomic mass is 10.3. The van der Waals surface area contributed by atoms with Crippen molar-refractivity contribution in [3.05, 3.63) is 22.4 Å². The van der Waals surface area contributed by atoms with E-state index in [-0.39, 0.29) is 10.2 Å². The zero-order valence-electron chi connectivity index (χ0n) is 6.83. The molecule has 0 heterocycles. The van der Waals surface area contributed by atoms with Gasteiger partial charge in [-0.2, -0.15) is 0 Å². The SMILES string of the molecule is O=C(O)COc1ccc(Br)c(F)c1O. The van der Waals surface area contributed by atoms with Crippen molar-refractivity contribution in [3.63, 3.8) is 0 Å². The Morgan fingerprint density at radius 3 is 2.79 bits per heavy atom. The van der Waals surface area contributed by atoms with Gasteiger partial charge in [-0.25, -0.2) is 9.18 Å². The summed E-state index contributed by atoms with van der Waals surface area (Å²) in [5.41, 5.74) is 0. The van der Waals surface area contributed by atoms with Crippen molar-refractivity contribution in [2.45, 2.75) is 0 Å². The van der Waals surface area contributed by atoms with Crippen LogP contribution < -0.4 is 4.74 Å². The lowest BCUT2D eigenvalue weighted by molar-refractivity contribution is -0.139. The summed E-state index contributed by atoms with van der Waals surface area (Å²) in [6, 6.07) is 2.58. The quantitative estimate of drug-likeness (QED) is 0.873. The molecule has 14 heavy (non-hydrogen) atoms. The van der Waals surface area contributed by atoms with Crippen molar-refractivity contribution in [1.82, 2.24) is 0 Å². The Bertz CT molecular complexity index is 367. The Morgan fingerprint density at radius 1 is 1.57 bits per heavy atom. The van der Waals surface area contributed by atoms with Gasteiger partial charge in [-0.05, 0) is 28.1 Å². The lowest BCUT2D eigenvalue weighted by Gasteiger charge is -2.06. The van der Waals surface area contributed by atoms with Crippen LogP contribution in [0.5, 0.6) is 11.5 Å². The Labute approximate surface area is 87.1 Å². The third-order valence-corrected chi connectivity index (χ3v) is 2.00. The average Bonchev–Trinajstić information content (AvgIpc) is 2.13. The third kappa shape index (κ3) is 2.35. The fourth-order valence-corrected chi connectivity index (χ4v) is 1.10. The van der Waals surface area contributed by atoms with Crippen molar-refractivity contribution in [2.24, 2.45) is 0 Å². The molecule has 0 spiro atoms. The average molecular weight is 265 g/mol. The van der Waals surface area contributed by atoms with E-state index in [1.165, 1.54) is 12.1 Å². The van der Waals surface area contributed by atoms with Crippen molar-refractivity contribution < 1.29 is 24.1 Å². The lowest BCUT2D eigenvalue weighted by Crippen LogP contribution is -2.09. The van der Waals surface area contributed by atoms with Crippen LogP contribution in [0.15, 0.2) is 16.6 Å². The van der Waals surface area contributed by atoms with E-state index in [2.05, 4.69) is 20.7 Å². The molecule has 2 N–H and O–H groups in total. The second-order valence-corrected chi connectivity index (χ2v) is 3.24. The van der Waals surface area contributed by atoms with Crippen LogP contribution in [0.2, 0.25) is 0 Å². The molecule has 76 valence electrons. The van der Waals surface area contributed by atoms with Crippen LogP contribution in [0.25, 0.3) is 0 Å². The monoisotopic (exact) mass is 264 g/mol. The number of halogens is 2. The smallest absolute Gasteiger partial charge is 0.341 e. The predicted molar refractivity (Wildman–Crippen MR) is 48.9 cm³/mol. The summed E-state index contributed by atoms with van der Waals surface area (Å²) in [6.07, 6.45) is 0. The predicted octanol–water partition coefficient (Wildman–Crippen LogP) is 1.76. The normalized spacial score (nSPS) is 9.86. The minimum atomic E-state index is -1.20. The van der Waals surface area contributed by atoms with Gasteiger partial charge in [0.1, 0.15) is 0 Å². The number of rotatable bonds is 3. The summed E-state index contributed by atoms with van der Waals surface area (Å²) < 4.78 is 17.7. The number of phenols is 1. The summed E-state index contributed by atoms with van der Waals surface area (Å²) in [6.45, 7) is -0.630. The van der Waals surface area contributed by atoms with Crippen molar-refractivity contribution in [2.75, 3.05) is 6.61 Å². The van der Waals surface area contributed by atoms with Gasteiger partial charge in [-0.1, -0.05) is 0 Å². The molecule has 0 saturated carbocycles. The highest BCUT2D eigenvalue weighted by atomic mass is 79.9. The molecule has 0 unspecified atom stereocenters. The Kier molecular flexibility index (Phi) is 3.29. The molecule has 0 aromatic heterocycles. The third-order valence-electron chi connectivity index (χ3n) is 1.38. The maximum Gasteiger partial charge on any atom is 0.341 e. The number of ether oxygens (including phenoxy) is 1. The summed E-state index contributed by atoms with van der Waals surface area (Å²) in [5.74, 6) is -2.99. The number of carbonyl (C=O) groups is 1. The first-order valence-electron chi connectivity index (χ1n) is 3.54. The highest BCUT2D eigenvalue weighted by molar-refractivity contribution is 9.10. The summed E-state index contributed by atoms with van der Waals surface area (Å²) in [4.78, 5) is 10.1. The van der Waals surface area contributed by atoms with Crippen molar-refractivity contribution in [3.8, 4) is 11.5 Å². The van der Waals surface area contributed by atoms with Crippen LogP contribution in [0.1, 0.15) is 0 Å². The van der Waals surface area contributed by atoms with Crippen molar-refractivity contribution in [1.29, 1.82) is 0 Å². The number of hydrogen-bond donors (Lipinski definition) is 2. The van der Waals surface area contributed by atoms with E-state index in [1.807, 2.05) is 0 Å². The topological polar surface area (TPSA) is 66.8 Å². The molecule has 0 amide bonds. The molecule has 1 aromatic rings. The first-order chi connectivity index (χ1) is 6.52. The zero-order valence-corrected chi connectivity index (χ0v) is 8.41. The molecular weight excluding hydrogens is 259 g/mol. The number of phenolic OH excluding ortho intramolecular Hbond substituents is 1. The van der Waals surface area contributed by atoms with E-state index in [0.29, 0.717) is 0 Å². The second kappa shape index (κ2) is 4.28. The summed E-state index contributed by atoms with van der Waals surface area (Å²) >= 11 is 2.85. The van der Waals surface area contributed by atoms with E-state index in [1.54, 1.807) is 0 Å². The van der Waals surface area contributed by atoms with E-state index >= 15 is 0 Å². The minimum Gasteiger partial charge on any atom is -0.502 e. The first-order valence-corrected chi connectivity index (χ1v) is 4.33. The molecular formula is C8H6BrFO4. The van der Waals surface area contributed by atoms with Crippen LogP contribution in [-0.2, 0) is 4.79 Å². The van der Waals surface area contributed by atoms with Crippen LogP contribution in [-0.4, -0.2) is 22.8 Å². The number of hydrogen-bond acceptors (Lipinski definition) is 3. The molecule has 0 fully saturated rings. The number of benzene rings is 1. The van der Waals surface area contributed by atoms with Gasteiger partial charge < -0.3 is 14.9 Å². The molecule has 0 radical (unpaired) electrons. The highest BCUT2D eigenvalue weighted by Gasteiger charge is 2.12. The number of carboxylic acid groups (broad SMARTS) is 1. The van der Waals surface area contributed by atoms with E-state index in [9.17, 15) is 9.18 Å². The highest BCUT2D eigenvalue weighted by Crippen LogP contribution is 2.33. The van der Waals surface area contributed by atoms with Crippen LogP contribution >= 0.6 is 15.9 Å². The molecule has 0 aliphatic rings. The van der Waals surface area contributed by atoms with Gasteiger partial charge in [0.2, 0.25) is 0 Å². The molecule has 4 nitrogen and oxygen atoms in total. The van der Waals surface area contributed by atoms with Crippen LogP contribution in [0.3, 0.4) is 0 Å². The largest absolute Gasteiger partial charge is 0.502 e. The van der Waals surface area contributed by atoms with Gasteiger partial charge in [-0.15, -0.1) is 0 Å². The standard InChI is InChI=1S/C8H6BrFO4/c9-4-1-2-5(8(13)7(4)10)14-3-6(11)12/h1-2,13H,3H2,(H,11,12).